The van der Waals surface area contributed by atoms with E-state index in [9.17, 15) is 20.0 Å². The Morgan fingerprint density at radius 1 is 1.42 bits per heavy atom. The van der Waals surface area contributed by atoms with Gasteiger partial charge in [0.1, 0.15) is 0 Å². The highest BCUT2D eigenvalue weighted by Crippen LogP contribution is 2.46. The van der Waals surface area contributed by atoms with Crippen molar-refractivity contribution >= 4 is 17.3 Å². The molecular formula is C13H11N2O4-. The van der Waals surface area contributed by atoms with Gasteiger partial charge in [0.25, 0.3) is 5.69 Å². The van der Waals surface area contributed by atoms with Gasteiger partial charge in [-0.15, -0.1) is 0 Å². The number of nitrogens with zero attached hydrogens (tertiary/aromatic N) is 1. The number of allylic oxidation sites excluding steroid dienone is 2. The zero-order chi connectivity index (χ0) is 13.6. The number of carbonyl (C=O) groups excluding carboxylic acids is 1. The Hall–Kier alpha value is -2.37. The summed E-state index contributed by atoms with van der Waals surface area (Å²) in [5.41, 5.74) is 0.756. The van der Waals surface area contributed by atoms with Crippen molar-refractivity contribution in [3.63, 3.8) is 0 Å². The number of carbonyl (C=O) groups is 1. The summed E-state index contributed by atoms with van der Waals surface area (Å²) in [7, 11) is 0. The van der Waals surface area contributed by atoms with Crippen molar-refractivity contribution < 1.29 is 14.8 Å². The van der Waals surface area contributed by atoms with E-state index in [2.05, 4.69) is 5.32 Å². The summed E-state index contributed by atoms with van der Waals surface area (Å²) in [5.74, 6) is -1.15. The van der Waals surface area contributed by atoms with Crippen LogP contribution >= 0.6 is 0 Å². The third-order valence-corrected chi connectivity index (χ3v) is 3.80. The first-order valence-corrected chi connectivity index (χ1v) is 6.02. The van der Waals surface area contributed by atoms with Crippen molar-refractivity contribution in [1.82, 2.24) is 0 Å². The molecule has 19 heavy (non-hydrogen) atoms. The van der Waals surface area contributed by atoms with E-state index in [4.69, 9.17) is 0 Å². The standard InChI is InChI=1S/C13H12N2O4/c16-13(17)9-4-5-10(15(18)19)11-8-3-1-2-7(8)6-14-12(9)11/h1,3-5,7-8,14H,2,6H2,(H,16,17)/p-1/t7-,8+/m0/s1. The quantitative estimate of drug-likeness (QED) is 0.486. The SMILES string of the molecule is O=C([O-])c1ccc([N+](=O)[O-])c2c1NC[C@@H]1CC=C[C@@H]21. The Bertz CT molecular complexity index is 609. The van der Waals surface area contributed by atoms with Crippen LogP contribution in [-0.2, 0) is 0 Å². The predicted octanol–water partition coefficient (Wildman–Crippen LogP) is 1.04. The van der Waals surface area contributed by atoms with E-state index in [0.717, 1.165) is 6.42 Å². The van der Waals surface area contributed by atoms with E-state index >= 15 is 0 Å². The number of nitro groups is 1. The van der Waals surface area contributed by atoms with Gasteiger partial charge in [-0.25, -0.2) is 0 Å². The smallest absolute Gasteiger partial charge is 0.275 e. The number of nitrogens with one attached hydrogen (secondary N) is 1. The van der Waals surface area contributed by atoms with Crippen molar-refractivity contribution in [2.45, 2.75) is 12.3 Å². The Morgan fingerprint density at radius 3 is 2.89 bits per heavy atom. The largest absolute Gasteiger partial charge is 0.545 e. The van der Waals surface area contributed by atoms with Crippen molar-refractivity contribution in [1.29, 1.82) is 0 Å². The lowest BCUT2D eigenvalue weighted by Gasteiger charge is -2.30. The highest BCUT2D eigenvalue weighted by Gasteiger charge is 2.36. The van der Waals surface area contributed by atoms with Crippen molar-refractivity contribution in [3.8, 4) is 0 Å². The van der Waals surface area contributed by atoms with Crippen LogP contribution in [0, 0.1) is 16.0 Å². The maximum Gasteiger partial charge on any atom is 0.275 e. The maximum atomic E-state index is 11.1. The normalized spacial score (nSPS) is 23.4. The first-order valence-electron chi connectivity index (χ1n) is 6.02. The Balaban J connectivity index is 2.25. The van der Waals surface area contributed by atoms with Gasteiger partial charge in [-0.2, -0.15) is 0 Å². The van der Waals surface area contributed by atoms with Crippen molar-refractivity contribution in [2.24, 2.45) is 5.92 Å². The molecule has 0 unspecified atom stereocenters. The number of anilines is 1. The molecule has 0 radical (unpaired) electrons. The van der Waals surface area contributed by atoms with Gasteiger partial charge in [0, 0.05) is 24.1 Å². The van der Waals surface area contributed by atoms with Crippen LogP contribution in [0.2, 0.25) is 0 Å². The third kappa shape index (κ3) is 1.68. The third-order valence-electron chi connectivity index (χ3n) is 3.80. The van der Waals surface area contributed by atoms with Crippen LogP contribution in [-0.4, -0.2) is 17.4 Å². The van der Waals surface area contributed by atoms with E-state index in [1.54, 1.807) is 0 Å². The highest BCUT2D eigenvalue weighted by atomic mass is 16.6. The van der Waals surface area contributed by atoms with Crippen LogP contribution in [0.4, 0.5) is 11.4 Å². The lowest BCUT2D eigenvalue weighted by Crippen LogP contribution is -2.30. The lowest BCUT2D eigenvalue weighted by molar-refractivity contribution is -0.385. The zero-order valence-electron chi connectivity index (χ0n) is 9.96. The summed E-state index contributed by atoms with van der Waals surface area (Å²) >= 11 is 0. The second-order valence-corrected chi connectivity index (χ2v) is 4.80. The van der Waals surface area contributed by atoms with E-state index in [0.29, 0.717) is 17.8 Å². The molecule has 1 N–H and O–H groups in total. The predicted molar refractivity (Wildman–Crippen MR) is 65.9 cm³/mol. The molecule has 6 heteroatoms. The molecule has 98 valence electrons. The summed E-state index contributed by atoms with van der Waals surface area (Å²) in [5, 5.41) is 25.3. The van der Waals surface area contributed by atoms with E-state index in [-0.39, 0.29) is 23.1 Å². The molecule has 1 aliphatic heterocycles. The average molecular weight is 259 g/mol. The summed E-state index contributed by atoms with van der Waals surface area (Å²) in [4.78, 5) is 21.8. The molecule has 0 spiro atoms. The van der Waals surface area contributed by atoms with Gasteiger partial charge in [0.15, 0.2) is 0 Å². The van der Waals surface area contributed by atoms with Gasteiger partial charge >= 0.3 is 0 Å². The molecule has 3 rings (SSSR count). The Labute approximate surface area is 108 Å². The topological polar surface area (TPSA) is 95.3 Å². The molecule has 0 bridgehead atoms. The molecule has 0 fully saturated rings. The second-order valence-electron chi connectivity index (χ2n) is 4.80. The van der Waals surface area contributed by atoms with Gasteiger partial charge in [0.2, 0.25) is 0 Å². The highest BCUT2D eigenvalue weighted by molar-refractivity contribution is 5.95. The second kappa shape index (κ2) is 4.08. The molecule has 1 aromatic rings. The van der Waals surface area contributed by atoms with Gasteiger partial charge in [-0.3, -0.25) is 10.1 Å². The number of nitro benzene ring substituents is 1. The van der Waals surface area contributed by atoms with Gasteiger partial charge in [-0.1, -0.05) is 12.2 Å². The number of carboxylic acid groups (broad SMARTS) is 1. The summed E-state index contributed by atoms with van der Waals surface area (Å²) in [6, 6.07) is 2.48. The van der Waals surface area contributed by atoms with E-state index in [1.807, 2.05) is 12.2 Å². The fourth-order valence-corrected chi connectivity index (χ4v) is 2.94. The number of aromatic carboxylic acids is 1. The van der Waals surface area contributed by atoms with Gasteiger partial charge in [-0.05, 0) is 18.4 Å². The van der Waals surface area contributed by atoms with Crippen LogP contribution in [0.5, 0.6) is 0 Å². The molecular weight excluding hydrogens is 248 g/mol. The minimum atomic E-state index is -1.32. The van der Waals surface area contributed by atoms with Gasteiger partial charge in [0.05, 0.1) is 22.1 Å². The molecule has 1 heterocycles. The summed E-state index contributed by atoms with van der Waals surface area (Å²) in [6.07, 6.45) is 4.77. The fourth-order valence-electron chi connectivity index (χ4n) is 2.94. The molecule has 2 atom stereocenters. The van der Waals surface area contributed by atoms with Crippen LogP contribution in [0.3, 0.4) is 0 Å². The molecule has 1 aromatic carbocycles. The number of benzene rings is 1. The van der Waals surface area contributed by atoms with Crippen LogP contribution in [0.15, 0.2) is 24.3 Å². The Morgan fingerprint density at radius 2 is 2.21 bits per heavy atom. The van der Waals surface area contributed by atoms with E-state index in [1.165, 1.54) is 12.1 Å². The first-order chi connectivity index (χ1) is 9.09. The van der Waals surface area contributed by atoms with Crippen LogP contribution in [0.1, 0.15) is 28.3 Å². The van der Waals surface area contributed by atoms with E-state index < -0.39 is 10.9 Å². The lowest BCUT2D eigenvalue weighted by atomic mass is 9.82. The Kier molecular flexibility index (Phi) is 2.51. The number of rotatable bonds is 2. The molecule has 1 aliphatic carbocycles. The molecule has 2 aliphatic rings. The monoisotopic (exact) mass is 259 g/mol. The number of hydrogen-bond acceptors (Lipinski definition) is 5. The van der Waals surface area contributed by atoms with Crippen molar-refractivity contribution in [3.05, 3.63) is 45.5 Å². The minimum absolute atomic E-state index is 0.0145. The van der Waals surface area contributed by atoms with Crippen LogP contribution in [0.25, 0.3) is 0 Å². The molecule has 0 aromatic heterocycles. The number of carboxylic acids is 1. The molecule has 0 amide bonds. The summed E-state index contributed by atoms with van der Waals surface area (Å²) in [6.45, 7) is 0.617. The fraction of sp³-hybridized carbons (Fsp3) is 0.308. The maximum absolute atomic E-state index is 11.1. The van der Waals surface area contributed by atoms with Crippen LogP contribution < -0.4 is 10.4 Å². The molecule has 0 saturated carbocycles. The minimum Gasteiger partial charge on any atom is -0.545 e. The summed E-state index contributed by atoms with van der Waals surface area (Å²) < 4.78 is 0. The first kappa shape index (κ1) is 11.7. The average Bonchev–Trinajstić information content (AvgIpc) is 2.85. The zero-order valence-corrected chi connectivity index (χ0v) is 9.96. The number of fused-ring (bicyclic) bond motifs is 3. The number of hydrogen-bond donors (Lipinski definition) is 1. The molecule has 6 nitrogen and oxygen atoms in total. The molecule has 0 saturated heterocycles. The van der Waals surface area contributed by atoms with Crippen molar-refractivity contribution in [2.75, 3.05) is 11.9 Å². The van der Waals surface area contributed by atoms with Gasteiger partial charge < -0.3 is 15.2 Å².